The zero-order valence-corrected chi connectivity index (χ0v) is 5.87. The molecule has 5 nitrogen and oxygen atoms in total. The lowest BCUT2D eigenvalue weighted by atomic mass is 9.97. The van der Waals surface area contributed by atoms with Crippen LogP contribution >= 0.6 is 0 Å². The molecule has 0 aliphatic heterocycles. The van der Waals surface area contributed by atoms with Gasteiger partial charge in [-0.2, -0.15) is 4.91 Å². The average molecular weight is 146 g/mol. The van der Waals surface area contributed by atoms with Gasteiger partial charge in [-0.15, -0.1) is 0 Å². The highest BCUT2D eigenvalue weighted by Gasteiger charge is 2.33. The molecule has 0 saturated heterocycles. The van der Waals surface area contributed by atoms with Gasteiger partial charge < -0.3 is 10.8 Å². The molecule has 0 spiro atoms. The van der Waals surface area contributed by atoms with Gasteiger partial charge in [-0.1, -0.05) is 5.18 Å². The quantitative estimate of drug-likeness (QED) is 0.545. The number of carboxylic acid groups (broad SMARTS) is 1. The third-order valence-electron chi connectivity index (χ3n) is 1.26. The van der Waals surface area contributed by atoms with Crippen molar-refractivity contribution in [3.8, 4) is 0 Å². The van der Waals surface area contributed by atoms with Crippen LogP contribution in [0.3, 0.4) is 0 Å². The maximum atomic E-state index is 10.2. The minimum Gasteiger partial charge on any atom is -0.480 e. The minimum atomic E-state index is -1.23. The van der Waals surface area contributed by atoms with Crippen molar-refractivity contribution < 1.29 is 9.90 Å². The Morgan fingerprint density at radius 2 is 2.10 bits per heavy atom. The monoisotopic (exact) mass is 146 g/mol. The van der Waals surface area contributed by atoms with E-state index in [1.54, 1.807) is 0 Å². The summed E-state index contributed by atoms with van der Waals surface area (Å²) >= 11 is 0. The van der Waals surface area contributed by atoms with Gasteiger partial charge in [-0.25, -0.2) is 0 Å². The van der Waals surface area contributed by atoms with E-state index < -0.39 is 17.6 Å². The van der Waals surface area contributed by atoms with Crippen molar-refractivity contribution in [1.82, 2.24) is 0 Å². The van der Waals surface area contributed by atoms with E-state index in [2.05, 4.69) is 5.18 Å². The van der Waals surface area contributed by atoms with Gasteiger partial charge in [0.2, 0.25) is 0 Å². The van der Waals surface area contributed by atoms with E-state index in [9.17, 15) is 9.70 Å². The Morgan fingerprint density at radius 3 is 2.20 bits per heavy atom. The van der Waals surface area contributed by atoms with Crippen molar-refractivity contribution in [2.75, 3.05) is 0 Å². The van der Waals surface area contributed by atoms with Crippen molar-refractivity contribution in [3.05, 3.63) is 4.91 Å². The molecule has 5 heteroatoms. The first kappa shape index (κ1) is 9.03. The normalized spacial score (nSPS) is 14.3. The summed E-state index contributed by atoms with van der Waals surface area (Å²) in [5, 5.41) is 10.9. The molecule has 0 aliphatic carbocycles. The average Bonchev–Trinajstić information content (AvgIpc) is 1.86. The molecule has 0 fully saturated rings. The van der Waals surface area contributed by atoms with Crippen LogP contribution in [-0.2, 0) is 4.79 Å². The molecule has 0 radical (unpaired) electrons. The Labute approximate surface area is 58.2 Å². The van der Waals surface area contributed by atoms with E-state index in [-0.39, 0.29) is 0 Å². The zero-order valence-electron chi connectivity index (χ0n) is 5.87. The molecule has 0 heterocycles. The van der Waals surface area contributed by atoms with Crippen LogP contribution in [0.1, 0.15) is 13.8 Å². The number of hydrogen-bond acceptors (Lipinski definition) is 4. The Morgan fingerprint density at radius 1 is 1.70 bits per heavy atom. The largest absolute Gasteiger partial charge is 0.480 e. The number of nitroso groups, excluding NO2 is 1. The van der Waals surface area contributed by atoms with Crippen molar-refractivity contribution >= 4 is 5.97 Å². The molecule has 0 bridgehead atoms. The molecule has 0 aromatic heterocycles. The Hall–Kier alpha value is -0.970. The number of rotatable bonds is 3. The topological polar surface area (TPSA) is 92.8 Å². The van der Waals surface area contributed by atoms with Gasteiger partial charge in [-0.05, 0) is 13.8 Å². The highest BCUT2D eigenvalue weighted by Crippen LogP contribution is 2.11. The fourth-order valence-corrected chi connectivity index (χ4v) is 0.359. The summed E-state index contributed by atoms with van der Waals surface area (Å²) in [6.45, 7) is 2.75. The predicted octanol–water partition coefficient (Wildman–Crippen LogP) is -0.0567. The van der Waals surface area contributed by atoms with E-state index in [0.29, 0.717) is 0 Å². The molecule has 1 unspecified atom stereocenters. The van der Waals surface area contributed by atoms with Crippen LogP contribution in [0.2, 0.25) is 0 Å². The second kappa shape index (κ2) is 2.74. The van der Waals surface area contributed by atoms with Gasteiger partial charge in [0.05, 0.1) is 0 Å². The van der Waals surface area contributed by atoms with Crippen molar-refractivity contribution in [3.63, 3.8) is 0 Å². The smallest absolute Gasteiger partial charge is 0.323 e. The third-order valence-corrected chi connectivity index (χ3v) is 1.26. The Kier molecular flexibility index (Phi) is 2.48. The number of hydrogen-bond donors (Lipinski definition) is 2. The van der Waals surface area contributed by atoms with Crippen LogP contribution in [0.25, 0.3) is 0 Å². The number of aliphatic carboxylic acids is 1. The first-order valence-electron chi connectivity index (χ1n) is 2.74. The molecule has 0 amide bonds. The van der Waals surface area contributed by atoms with Crippen LogP contribution in [0.15, 0.2) is 5.18 Å². The molecular weight excluding hydrogens is 136 g/mol. The van der Waals surface area contributed by atoms with Crippen molar-refractivity contribution in [2.24, 2.45) is 10.9 Å². The minimum absolute atomic E-state index is 1.22. The SMILES string of the molecule is CC(C)(N=O)C(N)C(=O)O. The van der Waals surface area contributed by atoms with E-state index in [1.165, 1.54) is 13.8 Å². The standard InChI is InChI=1S/C5H10N2O3/c1-5(2,7-10)3(6)4(8)9/h3H,6H2,1-2H3,(H,8,9). The summed E-state index contributed by atoms with van der Waals surface area (Å²) in [7, 11) is 0. The van der Waals surface area contributed by atoms with Crippen LogP contribution in [0, 0.1) is 4.91 Å². The van der Waals surface area contributed by atoms with Gasteiger partial charge in [-0.3, -0.25) is 4.79 Å². The van der Waals surface area contributed by atoms with E-state index in [1.807, 2.05) is 0 Å². The van der Waals surface area contributed by atoms with Crippen LogP contribution in [0.5, 0.6) is 0 Å². The van der Waals surface area contributed by atoms with Crippen LogP contribution < -0.4 is 5.73 Å². The van der Waals surface area contributed by atoms with E-state index in [0.717, 1.165) is 0 Å². The fourth-order valence-electron chi connectivity index (χ4n) is 0.359. The molecule has 0 saturated carbocycles. The number of carbonyl (C=O) groups is 1. The summed E-state index contributed by atoms with van der Waals surface area (Å²) in [5.41, 5.74) is 3.88. The van der Waals surface area contributed by atoms with Gasteiger partial charge in [0.15, 0.2) is 0 Å². The van der Waals surface area contributed by atoms with Gasteiger partial charge in [0, 0.05) is 0 Å². The first-order chi connectivity index (χ1) is 4.41. The molecule has 58 valence electrons. The molecule has 0 rings (SSSR count). The highest BCUT2D eigenvalue weighted by molar-refractivity contribution is 5.74. The second-order valence-corrected chi connectivity index (χ2v) is 2.56. The fraction of sp³-hybridized carbons (Fsp3) is 0.800. The lowest BCUT2D eigenvalue weighted by Gasteiger charge is -2.18. The van der Waals surface area contributed by atoms with Gasteiger partial charge in [0.25, 0.3) is 0 Å². The van der Waals surface area contributed by atoms with Gasteiger partial charge >= 0.3 is 5.97 Å². The summed E-state index contributed by atoms with van der Waals surface area (Å²) in [5.74, 6) is -1.22. The number of nitrogens with two attached hydrogens (primary N) is 1. The molecule has 1 atom stereocenters. The highest BCUT2D eigenvalue weighted by atomic mass is 16.4. The molecule has 10 heavy (non-hydrogen) atoms. The molecule has 0 aromatic rings. The molecular formula is C5H10N2O3. The maximum absolute atomic E-state index is 10.2. The van der Waals surface area contributed by atoms with E-state index >= 15 is 0 Å². The van der Waals surface area contributed by atoms with Crippen LogP contribution in [-0.4, -0.2) is 22.7 Å². The lowest BCUT2D eigenvalue weighted by molar-refractivity contribution is -0.139. The summed E-state index contributed by atoms with van der Waals surface area (Å²) < 4.78 is 0. The second-order valence-electron chi connectivity index (χ2n) is 2.56. The summed E-state index contributed by atoms with van der Waals surface area (Å²) in [6.07, 6.45) is 0. The Bertz CT molecular complexity index is 155. The van der Waals surface area contributed by atoms with Crippen molar-refractivity contribution in [2.45, 2.75) is 25.4 Å². The number of carboxylic acids is 1. The summed E-state index contributed by atoms with van der Waals surface area (Å²) in [4.78, 5) is 20.2. The van der Waals surface area contributed by atoms with Crippen LogP contribution in [0.4, 0.5) is 0 Å². The lowest BCUT2D eigenvalue weighted by Crippen LogP contribution is -2.47. The molecule has 3 N–H and O–H groups in total. The number of nitrogens with zero attached hydrogens (tertiary/aromatic N) is 1. The summed E-state index contributed by atoms with van der Waals surface area (Å²) in [6, 6.07) is -1.23. The molecule has 0 aliphatic rings. The first-order valence-corrected chi connectivity index (χ1v) is 2.74. The third kappa shape index (κ3) is 1.77. The molecule has 0 aromatic carbocycles. The van der Waals surface area contributed by atoms with E-state index in [4.69, 9.17) is 10.8 Å². The Balaban J connectivity index is 4.31. The zero-order chi connectivity index (χ0) is 8.36. The van der Waals surface area contributed by atoms with Crippen molar-refractivity contribution in [1.29, 1.82) is 0 Å². The maximum Gasteiger partial charge on any atom is 0.323 e. The predicted molar refractivity (Wildman–Crippen MR) is 35.5 cm³/mol. The van der Waals surface area contributed by atoms with Gasteiger partial charge in [0.1, 0.15) is 11.6 Å².